The van der Waals surface area contributed by atoms with Gasteiger partial charge in [-0.1, -0.05) is 36.2 Å². The number of halogens is 2. The van der Waals surface area contributed by atoms with Crippen LogP contribution in [0.3, 0.4) is 0 Å². The third-order valence-corrected chi connectivity index (χ3v) is 4.52. The fourth-order valence-electron chi connectivity index (χ4n) is 1.43. The Hall–Kier alpha value is -0.380. The maximum absolute atomic E-state index is 11.6. The first kappa shape index (κ1) is 16.7. The van der Waals surface area contributed by atoms with Crippen molar-refractivity contribution in [2.24, 2.45) is 0 Å². The third-order valence-electron chi connectivity index (χ3n) is 2.75. The number of thioether (sulfide) groups is 1. The number of benzene rings is 1. The average molecular weight is 320 g/mol. The standard InChI is InChI=1S/C14H19Cl2NOS/c1-3-10(2)17-14(18)6-7-19-9-11-4-5-12(15)13(16)8-11/h4-5,8,10H,3,6-7,9H2,1-2H3,(H,17,18)/t10-/m1/s1. The van der Waals surface area contributed by atoms with Gasteiger partial charge in [-0.05, 0) is 31.0 Å². The third kappa shape index (κ3) is 6.55. The van der Waals surface area contributed by atoms with Crippen LogP contribution in [0.25, 0.3) is 0 Å². The molecule has 0 aliphatic rings. The van der Waals surface area contributed by atoms with Crippen molar-refractivity contribution >= 4 is 40.9 Å². The zero-order chi connectivity index (χ0) is 14.3. The molecule has 0 bridgehead atoms. The molecule has 0 heterocycles. The van der Waals surface area contributed by atoms with E-state index in [0.29, 0.717) is 16.5 Å². The number of hydrogen-bond acceptors (Lipinski definition) is 2. The highest BCUT2D eigenvalue weighted by Gasteiger charge is 2.05. The van der Waals surface area contributed by atoms with Crippen LogP contribution >= 0.6 is 35.0 Å². The molecule has 0 fully saturated rings. The molecule has 0 aliphatic heterocycles. The SMILES string of the molecule is CC[C@@H](C)NC(=O)CCSCc1ccc(Cl)c(Cl)c1. The van der Waals surface area contributed by atoms with Crippen molar-refractivity contribution in [2.45, 2.75) is 38.5 Å². The molecule has 0 spiro atoms. The molecule has 0 saturated heterocycles. The van der Waals surface area contributed by atoms with Crippen molar-refractivity contribution in [3.05, 3.63) is 33.8 Å². The lowest BCUT2D eigenvalue weighted by molar-refractivity contribution is -0.121. The number of carbonyl (C=O) groups excluding carboxylic acids is 1. The molecule has 1 rings (SSSR count). The molecule has 0 saturated carbocycles. The molecule has 1 atom stereocenters. The van der Waals surface area contributed by atoms with Crippen LogP contribution in [0, 0.1) is 0 Å². The van der Waals surface area contributed by atoms with Crippen LogP contribution in [0.1, 0.15) is 32.3 Å². The van der Waals surface area contributed by atoms with E-state index in [2.05, 4.69) is 12.2 Å². The first-order valence-electron chi connectivity index (χ1n) is 6.34. The summed E-state index contributed by atoms with van der Waals surface area (Å²) in [6.45, 7) is 4.07. The van der Waals surface area contributed by atoms with Gasteiger partial charge >= 0.3 is 0 Å². The Kier molecular flexibility index (Phi) is 7.66. The van der Waals surface area contributed by atoms with E-state index in [4.69, 9.17) is 23.2 Å². The minimum Gasteiger partial charge on any atom is -0.354 e. The molecule has 106 valence electrons. The Labute approximate surface area is 129 Å². The summed E-state index contributed by atoms with van der Waals surface area (Å²) in [6, 6.07) is 5.89. The van der Waals surface area contributed by atoms with Gasteiger partial charge in [-0.15, -0.1) is 0 Å². The van der Waals surface area contributed by atoms with Gasteiger partial charge in [0.05, 0.1) is 10.0 Å². The fourth-order valence-corrected chi connectivity index (χ4v) is 2.64. The van der Waals surface area contributed by atoms with Crippen LogP contribution in [-0.2, 0) is 10.5 Å². The first-order valence-corrected chi connectivity index (χ1v) is 8.25. The summed E-state index contributed by atoms with van der Waals surface area (Å²) in [7, 11) is 0. The van der Waals surface area contributed by atoms with Crippen LogP contribution in [0.15, 0.2) is 18.2 Å². The van der Waals surface area contributed by atoms with Crippen LogP contribution in [-0.4, -0.2) is 17.7 Å². The highest BCUT2D eigenvalue weighted by Crippen LogP contribution is 2.24. The van der Waals surface area contributed by atoms with Gasteiger partial charge in [-0.25, -0.2) is 0 Å². The second-order valence-corrected chi connectivity index (χ2v) is 6.35. The van der Waals surface area contributed by atoms with Crippen molar-refractivity contribution in [2.75, 3.05) is 5.75 Å². The topological polar surface area (TPSA) is 29.1 Å². The predicted molar refractivity (Wildman–Crippen MR) is 85.1 cm³/mol. The highest BCUT2D eigenvalue weighted by molar-refractivity contribution is 7.98. The van der Waals surface area contributed by atoms with Crippen LogP contribution in [0.2, 0.25) is 10.0 Å². The van der Waals surface area contributed by atoms with Crippen molar-refractivity contribution < 1.29 is 4.79 Å². The van der Waals surface area contributed by atoms with Gasteiger partial charge in [0, 0.05) is 24.0 Å². The summed E-state index contributed by atoms with van der Waals surface area (Å²) in [5.41, 5.74) is 1.13. The van der Waals surface area contributed by atoms with E-state index >= 15 is 0 Å². The second kappa shape index (κ2) is 8.72. The molecule has 1 amide bonds. The van der Waals surface area contributed by atoms with Gasteiger partial charge in [0.2, 0.25) is 5.91 Å². The van der Waals surface area contributed by atoms with E-state index in [0.717, 1.165) is 23.5 Å². The van der Waals surface area contributed by atoms with E-state index in [1.165, 1.54) is 0 Å². The summed E-state index contributed by atoms with van der Waals surface area (Å²) in [4.78, 5) is 11.6. The Balaban J connectivity index is 2.23. The molecular weight excluding hydrogens is 301 g/mol. The lowest BCUT2D eigenvalue weighted by Gasteiger charge is -2.11. The minimum atomic E-state index is 0.121. The molecule has 5 heteroatoms. The van der Waals surface area contributed by atoms with Gasteiger partial charge in [-0.3, -0.25) is 4.79 Å². The summed E-state index contributed by atoms with van der Waals surface area (Å²) in [6.07, 6.45) is 1.51. The Morgan fingerprint density at radius 3 is 2.74 bits per heavy atom. The maximum atomic E-state index is 11.6. The summed E-state index contributed by atoms with van der Waals surface area (Å²) in [5.74, 6) is 1.77. The molecule has 0 aromatic heterocycles. The maximum Gasteiger partial charge on any atom is 0.221 e. The fraction of sp³-hybridized carbons (Fsp3) is 0.500. The summed E-state index contributed by atoms with van der Waals surface area (Å²) >= 11 is 13.5. The van der Waals surface area contributed by atoms with E-state index in [-0.39, 0.29) is 11.9 Å². The molecule has 0 radical (unpaired) electrons. The Morgan fingerprint density at radius 2 is 2.11 bits per heavy atom. The van der Waals surface area contributed by atoms with Crippen molar-refractivity contribution in [3.8, 4) is 0 Å². The van der Waals surface area contributed by atoms with Crippen LogP contribution < -0.4 is 5.32 Å². The lowest BCUT2D eigenvalue weighted by atomic mass is 10.2. The van der Waals surface area contributed by atoms with E-state index < -0.39 is 0 Å². The first-order chi connectivity index (χ1) is 9.02. The quantitative estimate of drug-likeness (QED) is 0.748. The van der Waals surface area contributed by atoms with Crippen LogP contribution in [0.5, 0.6) is 0 Å². The Bertz CT molecular complexity index is 426. The second-order valence-electron chi connectivity index (χ2n) is 4.43. The molecule has 0 unspecified atom stereocenters. The van der Waals surface area contributed by atoms with Gasteiger partial charge in [0.25, 0.3) is 0 Å². The molecule has 0 aliphatic carbocycles. The monoisotopic (exact) mass is 319 g/mol. The average Bonchev–Trinajstić information content (AvgIpc) is 2.38. The predicted octanol–water partition coefficient (Wildman–Crippen LogP) is 4.53. The van der Waals surface area contributed by atoms with E-state index in [1.807, 2.05) is 19.1 Å². The smallest absolute Gasteiger partial charge is 0.221 e. The minimum absolute atomic E-state index is 0.121. The van der Waals surface area contributed by atoms with Crippen LogP contribution in [0.4, 0.5) is 0 Å². The van der Waals surface area contributed by atoms with Crippen molar-refractivity contribution in [1.82, 2.24) is 5.32 Å². The lowest BCUT2D eigenvalue weighted by Crippen LogP contribution is -2.32. The number of hydrogen-bond donors (Lipinski definition) is 1. The summed E-state index contributed by atoms with van der Waals surface area (Å²) < 4.78 is 0. The summed E-state index contributed by atoms with van der Waals surface area (Å²) in [5, 5.41) is 4.10. The Morgan fingerprint density at radius 1 is 1.37 bits per heavy atom. The molecule has 1 aromatic rings. The van der Waals surface area contributed by atoms with Gasteiger partial charge < -0.3 is 5.32 Å². The number of carbonyl (C=O) groups is 1. The number of rotatable bonds is 7. The zero-order valence-electron chi connectivity index (χ0n) is 11.2. The zero-order valence-corrected chi connectivity index (χ0v) is 13.5. The largest absolute Gasteiger partial charge is 0.354 e. The molecule has 1 aromatic carbocycles. The highest BCUT2D eigenvalue weighted by atomic mass is 35.5. The molecule has 19 heavy (non-hydrogen) atoms. The van der Waals surface area contributed by atoms with E-state index in [1.54, 1.807) is 17.8 Å². The van der Waals surface area contributed by atoms with Crippen molar-refractivity contribution in [1.29, 1.82) is 0 Å². The van der Waals surface area contributed by atoms with Gasteiger partial charge in [-0.2, -0.15) is 11.8 Å². The molecular formula is C14H19Cl2NOS. The van der Waals surface area contributed by atoms with Gasteiger partial charge in [0.1, 0.15) is 0 Å². The van der Waals surface area contributed by atoms with Crippen molar-refractivity contribution in [3.63, 3.8) is 0 Å². The number of amides is 1. The molecule has 1 N–H and O–H groups in total. The molecule has 2 nitrogen and oxygen atoms in total. The van der Waals surface area contributed by atoms with Gasteiger partial charge in [0.15, 0.2) is 0 Å². The van der Waals surface area contributed by atoms with E-state index in [9.17, 15) is 4.79 Å². The normalized spacial score (nSPS) is 12.2. The number of nitrogens with one attached hydrogen (secondary N) is 1.